The highest BCUT2D eigenvalue weighted by Crippen LogP contribution is 1.96. The van der Waals surface area contributed by atoms with E-state index in [0.29, 0.717) is 6.54 Å². The van der Waals surface area contributed by atoms with E-state index in [1.165, 1.54) is 0 Å². The van der Waals surface area contributed by atoms with Gasteiger partial charge in [0.2, 0.25) is 11.8 Å². The Hall–Kier alpha value is -1.58. The average molecular weight is 252 g/mol. The highest BCUT2D eigenvalue weighted by molar-refractivity contribution is 5.89. The van der Waals surface area contributed by atoms with Gasteiger partial charge in [-0.3, -0.25) is 9.59 Å². The van der Waals surface area contributed by atoms with Crippen molar-refractivity contribution in [2.75, 3.05) is 13.6 Å². The molecule has 4 heteroatoms. The molecule has 0 aromatic rings. The van der Waals surface area contributed by atoms with Gasteiger partial charge >= 0.3 is 0 Å². The molecular formula is C14H24N2O2. The molecule has 0 fully saturated rings. The summed E-state index contributed by atoms with van der Waals surface area (Å²) in [7, 11) is 1.73. The maximum atomic E-state index is 11.7. The van der Waals surface area contributed by atoms with Crippen molar-refractivity contribution in [1.82, 2.24) is 10.2 Å². The van der Waals surface area contributed by atoms with Crippen molar-refractivity contribution in [2.45, 2.75) is 40.7 Å². The largest absolute Gasteiger partial charge is 0.348 e. The zero-order valence-electron chi connectivity index (χ0n) is 12.2. The molecule has 2 amide bonds. The quantitative estimate of drug-likeness (QED) is 0.760. The molecule has 0 radical (unpaired) electrons. The van der Waals surface area contributed by atoms with Crippen LogP contribution in [0.1, 0.15) is 34.6 Å². The smallest absolute Gasteiger partial charge is 0.246 e. The SMILES string of the molecule is CC(C)=CC(=O)N[C@H](C)CN(C)C(=O)C=C(C)C. The normalized spacial score (nSPS) is 11.2. The van der Waals surface area contributed by atoms with E-state index in [0.717, 1.165) is 11.1 Å². The van der Waals surface area contributed by atoms with Crippen molar-refractivity contribution in [1.29, 1.82) is 0 Å². The summed E-state index contributed by atoms with van der Waals surface area (Å²) in [5.74, 6) is -0.163. The summed E-state index contributed by atoms with van der Waals surface area (Å²) in [6.45, 7) is 9.87. The molecule has 1 N–H and O–H groups in total. The lowest BCUT2D eigenvalue weighted by atomic mass is 10.2. The third-order valence-electron chi connectivity index (χ3n) is 2.14. The zero-order chi connectivity index (χ0) is 14.3. The number of likely N-dealkylation sites (N-methyl/N-ethyl adjacent to an activating group) is 1. The molecule has 1 atom stereocenters. The van der Waals surface area contributed by atoms with Gasteiger partial charge in [0.1, 0.15) is 0 Å². The summed E-state index contributed by atoms with van der Waals surface area (Å²) in [4.78, 5) is 24.8. The first kappa shape index (κ1) is 16.4. The van der Waals surface area contributed by atoms with Crippen molar-refractivity contribution >= 4 is 11.8 Å². The highest BCUT2D eigenvalue weighted by Gasteiger charge is 2.11. The molecule has 0 aliphatic heterocycles. The van der Waals surface area contributed by atoms with Crippen molar-refractivity contribution < 1.29 is 9.59 Å². The van der Waals surface area contributed by atoms with E-state index in [4.69, 9.17) is 0 Å². The number of amides is 2. The van der Waals surface area contributed by atoms with Crippen LogP contribution in [0.4, 0.5) is 0 Å². The zero-order valence-corrected chi connectivity index (χ0v) is 12.2. The van der Waals surface area contributed by atoms with Crippen LogP contribution in [-0.2, 0) is 9.59 Å². The van der Waals surface area contributed by atoms with Crippen molar-refractivity contribution in [2.24, 2.45) is 0 Å². The van der Waals surface area contributed by atoms with Crippen LogP contribution in [0.2, 0.25) is 0 Å². The Labute approximate surface area is 110 Å². The second kappa shape index (κ2) is 7.69. The van der Waals surface area contributed by atoms with Gasteiger partial charge in [0, 0.05) is 31.8 Å². The van der Waals surface area contributed by atoms with E-state index in [2.05, 4.69) is 5.32 Å². The van der Waals surface area contributed by atoms with E-state index in [-0.39, 0.29) is 17.9 Å². The Morgan fingerprint density at radius 1 is 1.11 bits per heavy atom. The van der Waals surface area contributed by atoms with E-state index in [9.17, 15) is 9.59 Å². The Balaban J connectivity index is 4.28. The molecule has 0 saturated carbocycles. The molecule has 0 bridgehead atoms. The molecular weight excluding hydrogens is 228 g/mol. The fraction of sp³-hybridized carbons (Fsp3) is 0.571. The highest BCUT2D eigenvalue weighted by atomic mass is 16.2. The first-order valence-corrected chi connectivity index (χ1v) is 6.07. The number of nitrogens with zero attached hydrogens (tertiary/aromatic N) is 1. The van der Waals surface area contributed by atoms with Gasteiger partial charge in [0.15, 0.2) is 0 Å². The second-order valence-electron chi connectivity index (χ2n) is 5.07. The van der Waals surface area contributed by atoms with Crippen molar-refractivity contribution in [3.63, 3.8) is 0 Å². The number of hydrogen-bond acceptors (Lipinski definition) is 2. The molecule has 102 valence electrons. The van der Waals surface area contributed by atoms with Gasteiger partial charge in [0.05, 0.1) is 0 Å². The molecule has 0 spiro atoms. The standard InChI is InChI=1S/C14H24N2O2/c1-10(2)7-13(17)15-12(5)9-16(6)14(18)8-11(3)4/h7-8,12H,9H2,1-6H3,(H,15,17)/t12-/m1/s1. The number of rotatable bonds is 5. The minimum atomic E-state index is -0.120. The van der Waals surface area contributed by atoms with Crippen LogP contribution < -0.4 is 5.32 Å². The van der Waals surface area contributed by atoms with Crippen LogP contribution >= 0.6 is 0 Å². The average Bonchev–Trinajstić information content (AvgIpc) is 2.13. The number of carbonyl (C=O) groups excluding carboxylic acids is 2. The molecule has 0 aromatic heterocycles. The molecule has 0 aliphatic rings. The van der Waals surface area contributed by atoms with Gasteiger partial charge in [-0.25, -0.2) is 0 Å². The molecule has 18 heavy (non-hydrogen) atoms. The Morgan fingerprint density at radius 3 is 2.06 bits per heavy atom. The van der Waals surface area contributed by atoms with Crippen LogP contribution in [0.25, 0.3) is 0 Å². The Kier molecular flexibility index (Phi) is 7.01. The Morgan fingerprint density at radius 2 is 1.61 bits per heavy atom. The van der Waals surface area contributed by atoms with Crippen LogP contribution in [0.5, 0.6) is 0 Å². The van der Waals surface area contributed by atoms with E-state index >= 15 is 0 Å². The van der Waals surface area contributed by atoms with Gasteiger partial charge in [-0.2, -0.15) is 0 Å². The first-order chi connectivity index (χ1) is 8.22. The van der Waals surface area contributed by atoms with E-state index in [1.807, 2.05) is 34.6 Å². The third-order valence-corrected chi connectivity index (χ3v) is 2.14. The monoisotopic (exact) mass is 252 g/mol. The van der Waals surface area contributed by atoms with Crippen molar-refractivity contribution in [3.05, 3.63) is 23.3 Å². The molecule has 0 aromatic carbocycles. The van der Waals surface area contributed by atoms with Crippen LogP contribution in [0, 0.1) is 0 Å². The topological polar surface area (TPSA) is 49.4 Å². The van der Waals surface area contributed by atoms with E-state index in [1.54, 1.807) is 24.1 Å². The summed E-state index contributed by atoms with van der Waals surface area (Å²) in [6.07, 6.45) is 3.14. The van der Waals surface area contributed by atoms with Gasteiger partial charge < -0.3 is 10.2 Å². The predicted molar refractivity (Wildman–Crippen MR) is 74.1 cm³/mol. The number of hydrogen-bond donors (Lipinski definition) is 1. The van der Waals surface area contributed by atoms with Gasteiger partial charge in [-0.1, -0.05) is 11.1 Å². The van der Waals surface area contributed by atoms with Gasteiger partial charge in [-0.15, -0.1) is 0 Å². The lowest BCUT2D eigenvalue weighted by Gasteiger charge is -2.21. The van der Waals surface area contributed by atoms with Gasteiger partial charge in [-0.05, 0) is 34.6 Å². The maximum absolute atomic E-state index is 11.7. The lowest BCUT2D eigenvalue weighted by Crippen LogP contribution is -2.41. The summed E-state index contributed by atoms with van der Waals surface area (Å²) >= 11 is 0. The lowest BCUT2D eigenvalue weighted by molar-refractivity contribution is -0.126. The fourth-order valence-corrected chi connectivity index (χ4v) is 1.45. The van der Waals surface area contributed by atoms with Crippen LogP contribution in [-0.4, -0.2) is 36.3 Å². The first-order valence-electron chi connectivity index (χ1n) is 6.07. The summed E-state index contributed by atoms with van der Waals surface area (Å²) in [5, 5.41) is 2.82. The molecule has 0 unspecified atom stereocenters. The number of nitrogens with one attached hydrogen (secondary N) is 1. The van der Waals surface area contributed by atoms with Crippen LogP contribution in [0.15, 0.2) is 23.3 Å². The Bertz CT molecular complexity index is 362. The fourth-order valence-electron chi connectivity index (χ4n) is 1.45. The molecule has 0 heterocycles. The van der Waals surface area contributed by atoms with E-state index < -0.39 is 0 Å². The summed E-state index contributed by atoms with van der Waals surface area (Å²) in [6, 6.07) is -0.0763. The predicted octanol–water partition coefficient (Wildman–Crippen LogP) is 1.88. The van der Waals surface area contributed by atoms with Gasteiger partial charge in [0.25, 0.3) is 0 Å². The maximum Gasteiger partial charge on any atom is 0.246 e. The molecule has 0 aliphatic carbocycles. The summed E-state index contributed by atoms with van der Waals surface area (Å²) < 4.78 is 0. The third kappa shape index (κ3) is 7.65. The molecule has 0 saturated heterocycles. The molecule has 4 nitrogen and oxygen atoms in total. The van der Waals surface area contributed by atoms with Crippen molar-refractivity contribution in [3.8, 4) is 0 Å². The summed E-state index contributed by atoms with van der Waals surface area (Å²) in [5.41, 5.74) is 1.92. The van der Waals surface area contributed by atoms with Crippen LogP contribution in [0.3, 0.4) is 0 Å². The second-order valence-corrected chi connectivity index (χ2v) is 5.07. The number of allylic oxidation sites excluding steroid dienone is 2. The molecule has 0 rings (SSSR count). The minimum absolute atomic E-state index is 0.0432. The number of carbonyl (C=O) groups is 2. The minimum Gasteiger partial charge on any atom is -0.348 e.